The van der Waals surface area contributed by atoms with Crippen LogP contribution in [0.5, 0.6) is 17.2 Å². The SMILES string of the molecule is COc1cc(-c2ccc(OCCNC[C@@H](O)c3ccc(O)c(NS(C)(=O)=O)c3)cc2)ccc1C(=O)O. The zero-order chi connectivity index (χ0) is 26.3. The molecule has 36 heavy (non-hydrogen) atoms. The summed E-state index contributed by atoms with van der Waals surface area (Å²) in [5.41, 5.74) is 2.21. The summed E-state index contributed by atoms with van der Waals surface area (Å²) in [6.45, 7) is 0.975. The highest BCUT2D eigenvalue weighted by Crippen LogP contribution is 2.29. The zero-order valence-corrected chi connectivity index (χ0v) is 20.6. The predicted molar refractivity (Wildman–Crippen MR) is 135 cm³/mol. The van der Waals surface area contributed by atoms with E-state index < -0.39 is 22.1 Å². The normalized spacial score (nSPS) is 12.1. The molecule has 3 rings (SSSR count). The van der Waals surface area contributed by atoms with Crippen LogP contribution in [-0.4, -0.2) is 62.8 Å². The number of hydrogen-bond acceptors (Lipinski definition) is 8. The molecule has 0 unspecified atom stereocenters. The predicted octanol–water partition coefficient (Wildman–Crippen LogP) is 2.84. The summed E-state index contributed by atoms with van der Waals surface area (Å²) in [7, 11) is -2.15. The van der Waals surface area contributed by atoms with Gasteiger partial charge in [-0.2, -0.15) is 0 Å². The Labute approximate surface area is 209 Å². The number of aliphatic hydroxyl groups is 1. The molecule has 1 atom stereocenters. The Morgan fingerprint density at radius 2 is 1.72 bits per heavy atom. The van der Waals surface area contributed by atoms with E-state index in [4.69, 9.17) is 9.47 Å². The van der Waals surface area contributed by atoms with Crippen LogP contribution in [0.4, 0.5) is 5.69 Å². The first-order valence-corrected chi connectivity index (χ1v) is 12.8. The molecule has 3 aromatic carbocycles. The number of rotatable bonds is 12. The lowest BCUT2D eigenvalue weighted by Gasteiger charge is -2.15. The number of aromatic carboxylic acids is 1. The van der Waals surface area contributed by atoms with Gasteiger partial charge in [-0.05, 0) is 53.1 Å². The molecule has 10 nitrogen and oxygen atoms in total. The Kier molecular flexibility index (Phi) is 8.75. The van der Waals surface area contributed by atoms with Gasteiger partial charge < -0.3 is 30.1 Å². The number of carboxylic acids is 1. The molecule has 0 radical (unpaired) electrons. The van der Waals surface area contributed by atoms with Crippen LogP contribution in [0.15, 0.2) is 60.7 Å². The van der Waals surface area contributed by atoms with Gasteiger partial charge in [0.1, 0.15) is 29.4 Å². The van der Waals surface area contributed by atoms with Crippen LogP contribution in [0.25, 0.3) is 11.1 Å². The van der Waals surface area contributed by atoms with Crippen LogP contribution in [0.2, 0.25) is 0 Å². The molecule has 0 aliphatic rings. The molecule has 0 heterocycles. The van der Waals surface area contributed by atoms with Gasteiger partial charge in [0.15, 0.2) is 0 Å². The van der Waals surface area contributed by atoms with Crippen molar-refractivity contribution >= 4 is 21.7 Å². The van der Waals surface area contributed by atoms with Gasteiger partial charge in [0.25, 0.3) is 0 Å². The molecule has 5 N–H and O–H groups in total. The van der Waals surface area contributed by atoms with Gasteiger partial charge in [0, 0.05) is 13.1 Å². The minimum absolute atomic E-state index is 0.00268. The first-order valence-electron chi connectivity index (χ1n) is 10.9. The molecular formula is C25H28N2O8S. The number of methoxy groups -OCH3 is 1. The number of ether oxygens (including phenoxy) is 2. The third-order valence-corrected chi connectivity index (χ3v) is 5.80. The summed E-state index contributed by atoms with van der Waals surface area (Å²) >= 11 is 0. The number of benzene rings is 3. The Bertz CT molecular complexity index is 1310. The molecule has 0 saturated heterocycles. The highest BCUT2D eigenvalue weighted by atomic mass is 32.2. The average Bonchev–Trinajstić information content (AvgIpc) is 2.84. The third-order valence-electron chi connectivity index (χ3n) is 5.21. The van der Waals surface area contributed by atoms with Crippen molar-refractivity contribution in [3.05, 3.63) is 71.8 Å². The van der Waals surface area contributed by atoms with E-state index in [1.807, 2.05) is 12.1 Å². The first kappa shape index (κ1) is 26.8. The van der Waals surface area contributed by atoms with E-state index in [2.05, 4.69) is 10.0 Å². The third kappa shape index (κ3) is 7.35. The monoisotopic (exact) mass is 516 g/mol. The summed E-state index contributed by atoms with van der Waals surface area (Å²) in [6, 6.07) is 16.4. The fraction of sp³-hybridized carbons (Fsp3) is 0.240. The summed E-state index contributed by atoms with van der Waals surface area (Å²) in [6.07, 6.45) is 0.0508. The average molecular weight is 517 g/mol. The number of aromatic hydroxyl groups is 1. The second-order valence-electron chi connectivity index (χ2n) is 7.96. The fourth-order valence-electron chi connectivity index (χ4n) is 3.43. The maximum absolute atomic E-state index is 11.4. The fourth-order valence-corrected chi connectivity index (χ4v) is 3.99. The van der Waals surface area contributed by atoms with Gasteiger partial charge in [0.05, 0.1) is 25.2 Å². The van der Waals surface area contributed by atoms with Crippen LogP contribution in [0.3, 0.4) is 0 Å². The van der Waals surface area contributed by atoms with Crippen molar-refractivity contribution in [1.29, 1.82) is 0 Å². The van der Waals surface area contributed by atoms with Crippen molar-refractivity contribution in [1.82, 2.24) is 5.32 Å². The number of carbonyl (C=O) groups is 1. The topological polar surface area (TPSA) is 154 Å². The van der Waals surface area contributed by atoms with Gasteiger partial charge in [-0.1, -0.05) is 24.3 Å². The zero-order valence-electron chi connectivity index (χ0n) is 19.8. The lowest BCUT2D eigenvalue weighted by molar-refractivity contribution is 0.0693. The molecular weight excluding hydrogens is 488 g/mol. The highest BCUT2D eigenvalue weighted by molar-refractivity contribution is 7.92. The first-order chi connectivity index (χ1) is 17.1. The maximum Gasteiger partial charge on any atom is 0.339 e. The Morgan fingerprint density at radius 1 is 1.03 bits per heavy atom. The number of phenolic OH excluding ortho intramolecular Hbond substituents is 1. The second-order valence-corrected chi connectivity index (χ2v) is 9.71. The van der Waals surface area contributed by atoms with Crippen LogP contribution in [0.1, 0.15) is 22.0 Å². The van der Waals surface area contributed by atoms with E-state index in [0.29, 0.717) is 24.5 Å². The molecule has 0 amide bonds. The number of sulfonamides is 1. The van der Waals surface area contributed by atoms with Gasteiger partial charge in [-0.3, -0.25) is 4.72 Å². The van der Waals surface area contributed by atoms with Crippen molar-refractivity contribution in [2.45, 2.75) is 6.10 Å². The van der Waals surface area contributed by atoms with Crippen molar-refractivity contribution in [2.75, 3.05) is 37.8 Å². The van der Waals surface area contributed by atoms with Gasteiger partial charge in [0.2, 0.25) is 10.0 Å². The number of carboxylic acid groups (broad SMARTS) is 1. The van der Waals surface area contributed by atoms with E-state index in [9.17, 15) is 28.5 Å². The number of nitrogens with one attached hydrogen (secondary N) is 2. The number of phenols is 1. The molecule has 0 spiro atoms. The number of aliphatic hydroxyl groups excluding tert-OH is 1. The van der Waals surface area contributed by atoms with Crippen molar-refractivity contribution in [2.24, 2.45) is 0 Å². The van der Waals surface area contributed by atoms with Gasteiger partial charge in [-0.15, -0.1) is 0 Å². The van der Waals surface area contributed by atoms with E-state index >= 15 is 0 Å². The standard InChI is InChI=1S/C25H28N2O8S/c1-34-24-14-17(5-9-20(24)25(30)31)16-3-7-19(8-4-16)35-12-11-26-15-23(29)18-6-10-22(28)21(13-18)27-36(2,32)33/h3-10,13-14,23,26-29H,11-12,15H2,1-2H3,(H,30,31)/t23-/m1/s1. The van der Waals surface area contributed by atoms with Crippen LogP contribution in [0, 0.1) is 0 Å². The van der Waals surface area contributed by atoms with Crippen LogP contribution < -0.4 is 19.5 Å². The van der Waals surface area contributed by atoms with E-state index in [-0.39, 0.29) is 29.3 Å². The molecule has 0 saturated carbocycles. The molecule has 0 bridgehead atoms. The molecule has 0 aliphatic heterocycles. The van der Waals surface area contributed by atoms with E-state index in [1.54, 1.807) is 24.3 Å². The summed E-state index contributed by atoms with van der Waals surface area (Å²) in [5.74, 6) is -0.366. The summed E-state index contributed by atoms with van der Waals surface area (Å²) in [4.78, 5) is 11.3. The lowest BCUT2D eigenvalue weighted by atomic mass is 10.0. The van der Waals surface area contributed by atoms with E-state index in [0.717, 1.165) is 17.4 Å². The Balaban J connectivity index is 1.49. The van der Waals surface area contributed by atoms with Gasteiger partial charge in [-0.25, -0.2) is 13.2 Å². The molecule has 0 aromatic heterocycles. The Hall–Kier alpha value is -3.80. The van der Waals surface area contributed by atoms with Gasteiger partial charge >= 0.3 is 5.97 Å². The number of anilines is 1. The quantitative estimate of drug-likeness (QED) is 0.181. The molecule has 11 heteroatoms. The summed E-state index contributed by atoms with van der Waals surface area (Å²) < 4.78 is 35.9. The van der Waals surface area contributed by atoms with E-state index in [1.165, 1.54) is 31.4 Å². The molecule has 3 aromatic rings. The summed E-state index contributed by atoms with van der Waals surface area (Å²) in [5, 5.41) is 32.5. The second kappa shape index (κ2) is 11.8. The largest absolute Gasteiger partial charge is 0.506 e. The van der Waals surface area contributed by atoms with Crippen molar-refractivity contribution in [3.63, 3.8) is 0 Å². The number of hydrogen-bond donors (Lipinski definition) is 5. The molecule has 0 aliphatic carbocycles. The van der Waals surface area contributed by atoms with Crippen LogP contribution in [-0.2, 0) is 10.0 Å². The smallest absolute Gasteiger partial charge is 0.339 e. The minimum Gasteiger partial charge on any atom is -0.506 e. The lowest BCUT2D eigenvalue weighted by Crippen LogP contribution is -2.26. The van der Waals surface area contributed by atoms with Crippen molar-refractivity contribution < 1.29 is 38.0 Å². The molecule has 192 valence electrons. The van der Waals surface area contributed by atoms with Crippen molar-refractivity contribution in [3.8, 4) is 28.4 Å². The minimum atomic E-state index is -3.57. The highest BCUT2D eigenvalue weighted by Gasteiger charge is 2.14. The van der Waals surface area contributed by atoms with Crippen LogP contribution >= 0.6 is 0 Å². The Morgan fingerprint density at radius 3 is 2.36 bits per heavy atom. The molecule has 0 fully saturated rings. The maximum atomic E-state index is 11.4.